The van der Waals surface area contributed by atoms with E-state index in [-0.39, 0.29) is 41.0 Å². The molecule has 0 N–H and O–H groups in total. The minimum Gasteiger partial charge on any atom is -1.00 e. The van der Waals surface area contributed by atoms with Crippen LogP contribution in [-0.4, -0.2) is 38.5 Å². The molecule has 1 saturated heterocycles. The molecule has 0 atom stereocenters. The molecule has 1 aliphatic heterocycles. The van der Waals surface area contributed by atoms with Crippen LogP contribution in [-0.2, 0) is 16.2 Å². The molecule has 4 fully saturated rings. The number of hydrogen-bond donors (Lipinski definition) is 0. The van der Waals surface area contributed by atoms with Gasteiger partial charge in [-0.2, -0.15) is 0 Å². The number of anilines is 2. The van der Waals surface area contributed by atoms with Crippen molar-refractivity contribution in [3.8, 4) is 0 Å². The maximum Gasteiger partial charge on any atom is -1.00 e. The molecule has 9 rings (SSSR count). The molecule has 4 aromatic rings. The van der Waals surface area contributed by atoms with E-state index in [1.807, 2.05) is 0 Å². The number of nitrogens with zero attached hydrogens (tertiary/aromatic N) is 2. The first-order valence-electron chi connectivity index (χ1n) is 23.0. The maximum absolute atomic E-state index is 2.64. The van der Waals surface area contributed by atoms with Crippen LogP contribution in [0.15, 0.2) is 84.9 Å². The van der Waals surface area contributed by atoms with Gasteiger partial charge in [-0.3, -0.25) is 0 Å². The average molecular weight is 949 g/mol. The van der Waals surface area contributed by atoms with Gasteiger partial charge < -0.3 is 24.8 Å². The van der Waals surface area contributed by atoms with Crippen molar-refractivity contribution < 1.29 is 41.0 Å². The van der Waals surface area contributed by atoms with E-state index < -0.39 is 0 Å². The zero-order chi connectivity index (χ0) is 40.2. The van der Waals surface area contributed by atoms with Gasteiger partial charge in [0.1, 0.15) is 0 Å². The maximum atomic E-state index is 2.64. The molecule has 3 saturated carbocycles. The van der Waals surface area contributed by atoms with Crippen LogP contribution in [0, 0.1) is 41.5 Å². The van der Waals surface area contributed by atoms with E-state index in [1.165, 1.54) is 112 Å². The number of halogens is 2. The SMILES string of the molecule is C1CCC(P(C2CCCCC2)C2CCCCC2)CC1.Cc1cc(C)c(N2CCN(c3c(C)cc(C)cc3C)[C]2=[Ru]=[C]2C=C(c3ccccc3)c3ccccc32)c(C)c1.[Cl-].[Cl-]. The molecule has 6 heteroatoms. The number of fused-ring (bicyclic) bond motifs is 1. The van der Waals surface area contributed by atoms with Crippen molar-refractivity contribution in [2.45, 2.75) is 155 Å². The summed E-state index contributed by atoms with van der Waals surface area (Å²) >= 11 is -0.233. The molecule has 60 heavy (non-hydrogen) atoms. The van der Waals surface area contributed by atoms with Crippen LogP contribution < -0.4 is 34.6 Å². The quantitative estimate of drug-likeness (QED) is 0.142. The van der Waals surface area contributed by atoms with Gasteiger partial charge in [0.05, 0.1) is 0 Å². The van der Waals surface area contributed by atoms with E-state index in [4.69, 9.17) is 0 Å². The van der Waals surface area contributed by atoms with Crippen molar-refractivity contribution in [2.75, 3.05) is 22.9 Å². The number of hydrogen-bond acceptors (Lipinski definition) is 2. The topological polar surface area (TPSA) is 6.48 Å². The second kappa shape index (κ2) is 21.8. The molecular formula is C54H69Cl2N2PRu-2. The van der Waals surface area contributed by atoms with Crippen LogP contribution >= 0.6 is 7.92 Å². The molecule has 4 aromatic carbocycles. The normalized spacial score (nSPS) is 18.8. The van der Waals surface area contributed by atoms with Crippen molar-refractivity contribution in [3.63, 3.8) is 0 Å². The summed E-state index contributed by atoms with van der Waals surface area (Å²) in [5.74, 6) is 0. The third-order valence-corrected chi connectivity index (χ3v) is 20.4. The first kappa shape index (κ1) is 47.1. The minimum absolute atomic E-state index is 0. The van der Waals surface area contributed by atoms with Crippen molar-refractivity contribution in [1.29, 1.82) is 0 Å². The summed E-state index contributed by atoms with van der Waals surface area (Å²) in [5.41, 5.74) is 19.8. The fraction of sp³-hybridized carbons (Fsp3) is 0.481. The fourth-order valence-electron chi connectivity index (χ4n) is 11.5. The minimum atomic E-state index is -0.233. The molecule has 2 nitrogen and oxygen atoms in total. The number of allylic oxidation sites excluding steroid dienone is 1. The molecule has 4 aliphatic carbocycles. The molecule has 5 aliphatic rings. The Kier molecular flexibility index (Phi) is 17.1. The summed E-state index contributed by atoms with van der Waals surface area (Å²) in [6, 6.07) is 29.2. The van der Waals surface area contributed by atoms with Gasteiger partial charge in [0, 0.05) is 0 Å². The molecule has 0 aromatic heterocycles. The first-order valence-corrected chi connectivity index (χ1v) is 26.3. The van der Waals surface area contributed by atoms with Crippen molar-refractivity contribution in [2.24, 2.45) is 0 Å². The van der Waals surface area contributed by atoms with E-state index in [9.17, 15) is 0 Å². The molecule has 1 heterocycles. The predicted molar refractivity (Wildman–Crippen MR) is 253 cm³/mol. The van der Waals surface area contributed by atoms with Crippen LogP contribution in [0.2, 0.25) is 0 Å². The predicted octanol–water partition coefficient (Wildman–Crippen LogP) is 8.17. The average Bonchev–Trinajstić information content (AvgIpc) is 3.80. The number of benzene rings is 4. The Morgan fingerprint density at radius 2 is 0.867 bits per heavy atom. The molecular weight excluding hydrogens is 880 g/mol. The van der Waals surface area contributed by atoms with Gasteiger partial charge in [-0.05, 0) is 55.5 Å². The van der Waals surface area contributed by atoms with E-state index in [1.54, 1.807) is 77.0 Å². The smallest absolute Gasteiger partial charge is 1.00 e. The zero-order valence-electron chi connectivity index (χ0n) is 37.3. The molecule has 0 amide bonds. The molecule has 0 radical (unpaired) electrons. The Morgan fingerprint density at radius 3 is 1.28 bits per heavy atom. The summed E-state index contributed by atoms with van der Waals surface area (Å²) in [6.07, 6.45) is 26.1. The fourth-order valence-corrected chi connectivity index (χ4v) is 18.8. The first-order chi connectivity index (χ1) is 28.3. The van der Waals surface area contributed by atoms with Crippen LogP contribution in [0.25, 0.3) is 5.57 Å². The summed E-state index contributed by atoms with van der Waals surface area (Å²) in [7, 11) is 0.385. The Morgan fingerprint density at radius 1 is 0.483 bits per heavy atom. The van der Waals surface area contributed by atoms with Crippen LogP contribution in [0.5, 0.6) is 0 Å². The monoisotopic (exact) mass is 948 g/mol. The largest absolute Gasteiger partial charge is 1.00 e. The number of aryl methyl sites for hydroxylation is 6. The third kappa shape index (κ3) is 10.5. The molecule has 324 valence electrons. The van der Waals surface area contributed by atoms with Gasteiger partial charge in [0.2, 0.25) is 0 Å². The van der Waals surface area contributed by atoms with Gasteiger partial charge >= 0.3 is 241 Å². The van der Waals surface area contributed by atoms with E-state index in [0.29, 0.717) is 7.92 Å². The van der Waals surface area contributed by atoms with Gasteiger partial charge in [-0.25, -0.2) is 0 Å². The Hall–Kier alpha value is -2.41. The molecule has 0 unspecified atom stereocenters. The van der Waals surface area contributed by atoms with Crippen molar-refractivity contribution in [1.82, 2.24) is 0 Å². The molecule has 0 bridgehead atoms. The van der Waals surface area contributed by atoms with Crippen molar-refractivity contribution >= 4 is 33.3 Å². The van der Waals surface area contributed by atoms with Gasteiger partial charge in [0.25, 0.3) is 0 Å². The Bertz CT molecular complexity index is 2010. The zero-order valence-corrected chi connectivity index (χ0v) is 41.4. The van der Waals surface area contributed by atoms with E-state index in [2.05, 4.69) is 136 Å². The molecule has 0 spiro atoms. The second-order valence-electron chi connectivity index (χ2n) is 18.3. The van der Waals surface area contributed by atoms with E-state index in [0.717, 1.165) is 13.1 Å². The standard InChI is InChI=1S/C21H26N2.C18H33P.C15H10.2ClH.Ru/c1-14-9-16(3)20(17(4)10-14)22-7-8-23(13-22)21-18(5)11-15(2)12-19(21)6;1-4-10-16(11-5-1)19(17-12-6-2-7-13-17)18-14-8-3-9-15-18;1-2-6-12(7-3-1)15-11-10-13-8-4-5-9-14(13)15;;;/h9-12H,7-8H2,1-6H3;16-18H,1-15H2;1-9,11H;2*1H;/p-2. The third-order valence-electron chi connectivity index (χ3n) is 13.8. The summed E-state index contributed by atoms with van der Waals surface area (Å²) in [4.78, 5) is 5.29. The van der Waals surface area contributed by atoms with E-state index >= 15 is 0 Å². The van der Waals surface area contributed by atoms with Gasteiger partial charge in [-0.15, -0.1) is 0 Å². The van der Waals surface area contributed by atoms with Crippen molar-refractivity contribution in [3.05, 3.63) is 135 Å². The second-order valence-corrected chi connectivity index (χ2v) is 23.5. The Labute approximate surface area is 384 Å². The van der Waals surface area contributed by atoms with Gasteiger partial charge in [0.15, 0.2) is 0 Å². The number of rotatable bonds is 6. The van der Waals surface area contributed by atoms with Crippen LogP contribution in [0.3, 0.4) is 0 Å². The van der Waals surface area contributed by atoms with Crippen LogP contribution in [0.4, 0.5) is 11.4 Å². The summed E-state index contributed by atoms with van der Waals surface area (Å²) < 4.78 is 2.94. The summed E-state index contributed by atoms with van der Waals surface area (Å²) in [6.45, 7) is 15.5. The van der Waals surface area contributed by atoms with Gasteiger partial charge in [-0.1, -0.05) is 65.7 Å². The Balaban J connectivity index is 0.000000242. The summed E-state index contributed by atoms with van der Waals surface area (Å²) in [5, 5.41) is 0. The van der Waals surface area contributed by atoms with Crippen LogP contribution in [0.1, 0.15) is 146 Å².